The third kappa shape index (κ3) is 2.69. The van der Waals surface area contributed by atoms with E-state index in [0.717, 1.165) is 6.07 Å². The standard InChI is InChI=1S/C9H10F2O.C2H6/c1-3-6-4-5-7(10)8(11)9(6)12-2;1-2/h4-5H,3H2,1-2H3;1-2H3. The highest BCUT2D eigenvalue weighted by Gasteiger charge is 2.12. The van der Waals surface area contributed by atoms with Gasteiger partial charge in [-0.3, -0.25) is 0 Å². The molecule has 0 atom stereocenters. The van der Waals surface area contributed by atoms with E-state index in [2.05, 4.69) is 0 Å². The van der Waals surface area contributed by atoms with Gasteiger partial charge in [-0.05, 0) is 18.1 Å². The van der Waals surface area contributed by atoms with E-state index in [0.29, 0.717) is 12.0 Å². The Kier molecular flexibility index (Phi) is 5.84. The second-order valence-corrected chi connectivity index (χ2v) is 2.41. The predicted molar refractivity (Wildman–Crippen MR) is 53.6 cm³/mol. The van der Waals surface area contributed by atoms with Crippen molar-refractivity contribution in [3.8, 4) is 5.75 Å². The zero-order chi connectivity index (χ0) is 11.1. The lowest BCUT2D eigenvalue weighted by Gasteiger charge is -2.07. The minimum atomic E-state index is -0.906. The smallest absolute Gasteiger partial charge is 0.200 e. The van der Waals surface area contributed by atoms with Gasteiger partial charge in [0, 0.05) is 0 Å². The summed E-state index contributed by atoms with van der Waals surface area (Å²) in [6, 6.07) is 2.63. The first-order valence-corrected chi connectivity index (χ1v) is 4.71. The Hall–Kier alpha value is -1.12. The number of methoxy groups -OCH3 is 1. The molecule has 0 spiro atoms. The molecule has 0 N–H and O–H groups in total. The van der Waals surface area contributed by atoms with Gasteiger partial charge in [0.05, 0.1) is 7.11 Å². The van der Waals surface area contributed by atoms with Gasteiger partial charge >= 0.3 is 0 Å². The Labute approximate surface area is 83.7 Å². The Morgan fingerprint density at radius 3 is 2.21 bits per heavy atom. The number of rotatable bonds is 2. The maximum atomic E-state index is 12.9. The Bertz CT molecular complexity index is 285. The van der Waals surface area contributed by atoms with E-state index < -0.39 is 11.6 Å². The molecular formula is C11H16F2O. The third-order valence-corrected chi connectivity index (χ3v) is 1.72. The maximum Gasteiger partial charge on any atom is 0.200 e. The van der Waals surface area contributed by atoms with Crippen LogP contribution in [0.5, 0.6) is 5.75 Å². The van der Waals surface area contributed by atoms with Crippen molar-refractivity contribution in [1.82, 2.24) is 0 Å². The molecule has 1 aromatic rings. The molecule has 0 heterocycles. The molecule has 0 aliphatic heterocycles. The van der Waals surface area contributed by atoms with Crippen molar-refractivity contribution in [3.05, 3.63) is 29.3 Å². The van der Waals surface area contributed by atoms with Crippen molar-refractivity contribution in [2.75, 3.05) is 7.11 Å². The van der Waals surface area contributed by atoms with Crippen molar-refractivity contribution in [1.29, 1.82) is 0 Å². The normalized spacial score (nSPS) is 9.00. The molecule has 1 aromatic carbocycles. The van der Waals surface area contributed by atoms with Crippen LogP contribution in [0.15, 0.2) is 12.1 Å². The molecule has 1 nitrogen and oxygen atoms in total. The van der Waals surface area contributed by atoms with Gasteiger partial charge in [-0.2, -0.15) is 4.39 Å². The number of aryl methyl sites for hydroxylation is 1. The van der Waals surface area contributed by atoms with Crippen LogP contribution in [0.25, 0.3) is 0 Å². The summed E-state index contributed by atoms with van der Waals surface area (Å²) in [6.07, 6.45) is 0.625. The number of halogens is 2. The van der Waals surface area contributed by atoms with E-state index in [1.54, 1.807) is 0 Å². The lowest BCUT2D eigenvalue weighted by Crippen LogP contribution is -1.96. The summed E-state index contributed by atoms with van der Waals surface area (Å²) in [5.74, 6) is -1.77. The Morgan fingerprint density at radius 1 is 1.21 bits per heavy atom. The summed E-state index contributed by atoms with van der Waals surface area (Å²) in [5, 5.41) is 0. The van der Waals surface area contributed by atoms with Gasteiger partial charge < -0.3 is 4.74 Å². The monoisotopic (exact) mass is 202 g/mol. The molecular weight excluding hydrogens is 186 g/mol. The van der Waals surface area contributed by atoms with Gasteiger partial charge in [0.1, 0.15) is 0 Å². The molecule has 0 unspecified atom stereocenters. The van der Waals surface area contributed by atoms with Crippen molar-refractivity contribution >= 4 is 0 Å². The predicted octanol–water partition coefficient (Wildman–Crippen LogP) is 3.56. The number of hydrogen-bond acceptors (Lipinski definition) is 1. The molecule has 0 bridgehead atoms. The highest BCUT2D eigenvalue weighted by molar-refractivity contribution is 5.35. The van der Waals surface area contributed by atoms with Crippen LogP contribution in [0.4, 0.5) is 8.78 Å². The maximum absolute atomic E-state index is 12.9. The Morgan fingerprint density at radius 2 is 1.79 bits per heavy atom. The van der Waals surface area contributed by atoms with Crippen LogP contribution < -0.4 is 4.74 Å². The molecule has 0 saturated heterocycles. The minimum absolute atomic E-state index is 0.0116. The first-order valence-electron chi connectivity index (χ1n) is 4.71. The Balaban J connectivity index is 0.000000791. The summed E-state index contributed by atoms with van der Waals surface area (Å²) in [6.45, 7) is 5.86. The quantitative estimate of drug-likeness (QED) is 0.712. The summed E-state index contributed by atoms with van der Waals surface area (Å²) < 4.78 is 30.3. The number of hydrogen-bond donors (Lipinski definition) is 0. The largest absolute Gasteiger partial charge is 0.493 e. The van der Waals surface area contributed by atoms with Crippen LogP contribution >= 0.6 is 0 Å². The van der Waals surface area contributed by atoms with Crippen LogP contribution in [0, 0.1) is 11.6 Å². The van der Waals surface area contributed by atoms with Crippen LogP contribution in [0.1, 0.15) is 26.3 Å². The summed E-state index contributed by atoms with van der Waals surface area (Å²) in [7, 11) is 1.33. The van der Waals surface area contributed by atoms with E-state index >= 15 is 0 Å². The van der Waals surface area contributed by atoms with Crippen molar-refractivity contribution < 1.29 is 13.5 Å². The van der Waals surface area contributed by atoms with E-state index in [9.17, 15) is 8.78 Å². The molecule has 80 valence electrons. The SMILES string of the molecule is CC.CCc1ccc(F)c(F)c1OC. The molecule has 1 rings (SSSR count). The fraction of sp³-hybridized carbons (Fsp3) is 0.455. The molecule has 0 aliphatic rings. The van der Waals surface area contributed by atoms with Gasteiger partial charge in [-0.15, -0.1) is 0 Å². The lowest BCUT2D eigenvalue weighted by atomic mass is 10.1. The molecule has 3 heteroatoms. The van der Waals surface area contributed by atoms with Gasteiger partial charge in [0.2, 0.25) is 5.82 Å². The van der Waals surface area contributed by atoms with E-state index in [1.807, 2.05) is 20.8 Å². The molecule has 0 radical (unpaired) electrons. The van der Waals surface area contributed by atoms with Crippen LogP contribution in [-0.4, -0.2) is 7.11 Å². The van der Waals surface area contributed by atoms with E-state index in [4.69, 9.17) is 4.74 Å². The average Bonchev–Trinajstić information content (AvgIpc) is 2.24. The minimum Gasteiger partial charge on any atom is -0.493 e. The highest BCUT2D eigenvalue weighted by Crippen LogP contribution is 2.24. The zero-order valence-electron chi connectivity index (χ0n) is 9.03. The van der Waals surface area contributed by atoms with Crippen molar-refractivity contribution in [2.24, 2.45) is 0 Å². The zero-order valence-corrected chi connectivity index (χ0v) is 9.03. The van der Waals surface area contributed by atoms with Crippen LogP contribution in [-0.2, 0) is 6.42 Å². The average molecular weight is 202 g/mol. The fourth-order valence-electron chi connectivity index (χ4n) is 1.07. The van der Waals surface area contributed by atoms with Crippen LogP contribution in [0.3, 0.4) is 0 Å². The number of ether oxygens (including phenoxy) is 1. The second-order valence-electron chi connectivity index (χ2n) is 2.41. The first-order chi connectivity index (χ1) is 6.70. The lowest BCUT2D eigenvalue weighted by molar-refractivity contribution is 0.367. The van der Waals surface area contributed by atoms with Gasteiger partial charge in [0.25, 0.3) is 0 Å². The molecule has 0 saturated carbocycles. The van der Waals surface area contributed by atoms with Crippen molar-refractivity contribution in [3.63, 3.8) is 0 Å². The summed E-state index contributed by atoms with van der Waals surface area (Å²) in [4.78, 5) is 0. The summed E-state index contributed by atoms with van der Waals surface area (Å²) in [5.41, 5.74) is 0.677. The third-order valence-electron chi connectivity index (χ3n) is 1.72. The molecule has 0 aromatic heterocycles. The van der Waals surface area contributed by atoms with E-state index in [-0.39, 0.29) is 5.75 Å². The van der Waals surface area contributed by atoms with Crippen LogP contribution in [0.2, 0.25) is 0 Å². The van der Waals surface area contributed by atoms with E-state index in [1.165, 1.54) is 13.2 Å². The van der Waals surface area contributed by atoms with Crippen molar-refractivity contribution in [2.45, 2.75) is 27.2 Å². The van der Waals surface area contributed by atoms with Gasteiger partial charge in [-0.25, -0.2) is 4.39 Å². The number of benzene rings is 1. The molecule has 0 aliphatic carbocycles. The van der Waals surface area contributed by atoms with Gasteiger partial charge in [0.15, 0.2) is 11.6 Å². The molecule has 14 heavy (non-hydrogen) atoms. The fourth-order valence-corrected chi connectivity index (χ4v) is 1.07. The first kappa shape index (κ1) is 12.9. The molecule has 0 amide bonds. The molecule has 0 fully saturated rings. The van der Waals surface area contributed by atoms with Gasteiger partial charge in [-0.1, -0.05) is 26.8 Å². The topological polar surface area (TPSA) is 9.23 Å². The highest BCUT2D eigenvalue weighted by atomic mass is 19.2. The second kappa shape index (κ2) is 6.35. The summed E-state index contributed by atoms with van der Waals surface area (Å²) >= 11 is 0.